The highest BCUT2D eigenvalue weighted by atomic mass is 19.1. The average Bonchev–Trinajstić information content (AvgIpc) is 2.47. The van der Waals surface area contributed by atoms with E-state index in [9.17, 15) is 9.18 Å². The molecule has 0 bridgehead atoms. The molecular weight excluding hydrogens is 281 g/mol. The van der Waals surface area contributed by atoms with Crippen LogP contribution in [0.5, 0.6) is 5.75 Å². The molecule has 0 spiro atoms. The van der Waals surface area contributed by atoms with E-state index in [1.165, 1.54) is 12.1 Å². The fourth-order valence-corrected chi connectivity index (χ4v) is 3.05. The third-order valence-electron chi connectivity index (χ3n) is 3.95. The van der Waals surface area contributed by atoms with Gasteiger partial charge in [-0.3, -0.25) is 4.79 Å². The summed E-state index contributed by atoms with van der Waals surface area (Å²) in [6.07, 6.45) is 0.483. The van der Waals surface area contributed by atoms with Gasteiger partial charge in [0.1, 0.15) is 17.7 Å². The fraction of sp³-hybridized carbons (Fsp3) is 0.278. The number of benzene rings is 2. The first kappa shape index (κ1) is 14.6. The van der Waals surface area contributed by atoms with Gasteiger partial charge in [-0.2, -0.15) is 0 Å². The average molecular weight is 299 g/mol. The Hall–Kier alpha value is -2.36. The molecule has 0 N–H and O–H groups in total. The van der Waals surface area contributed by atoms with Gasteiger partial charge in [-0.15, -0.1) is 0 Å². The number of anilines is 1. The van der Waals surface area contributed by atoms with E-state index in [-0.39, 0.29) is 23.9 Å². The normalized spacial score (nSPS) is 20.4. The number of hydrogen-bond donors (Lipinski definition) is 0. The number of amides is 1. The summed E-state index contributed by atoms with van der Waals surface area (Å²) in [6.45, 7) is 3.57. The van der Waals surface area contributed by atoms with E-state index < -0.39 is 0 Å². The monoisotopic (exact) mass is 299 g/mol. The molecule has 4 heteroatoms. The van der Waals surface area contributed by atoms with E-state index in [4.69, 9.17) is 4.74 Å². The number of rotatable bonds is 2. The summed E-state index contributed by atoms with van der Waals surface area (Å²) in [5.74, 6) is 0.201. The van der Waals surface area contributed by atoms with Crippen molar-refractivity contribution in [3.8, 4) is 5.75 Å². The Morgan fingerprint density at radius 2 is 2.00 bits per heavy atom. The number of para-hydroxylation sites is 1. The zero-order valence-electron chi connectivity index (χ0n) is 12.6. The lowest BCUT2D eigenvalue weighted by molar-refractivity contribution is -0.117. The zero-order chi connectivity index (χ0) is 15.7. The summed E-state index contributed by atoms with van der Waals surface area (Å²) in [5, 5.41) is 0. The van der Waals surface area contributed by atoms with E-state index in [1.54, 1.807) is 24.0 Å². The summed E-state index contributed by atoms with van der Waals surface area (Å²) < 4.78 is 19.3. The van der Waals surface area contributed by atoms with Crippen LogP contribution < -0.4 is 9.64 Å². The highest BCUT2D eigenvalue weighted by Crippen LogP contribution is 2.39. The smallest absolute Gasteiger partial charge is 0.224 e. The minimum atomic E-state index is -0.319. The van der Waals surface area contributed by atoms with Gasteiger partial charge in [-0.05, 0) is 25.1 Å². The van der Waals surface area contributed by atoms with Gasteiger partial charge in [-0.1, -0.05) is 24.3 Å². The molecule has 0 saturated carbocycles. The van der Waals surface area contributed by atoms with Crippen molar-refractivity contribution < 1.29 is 13.9 Å². The van der Waals surface area contributed by atoms with Crippen LogP contribution >= 0.6 is 0 Å². The van der Waals surface area contributed by atoms with Crippen molar-refractivity contribution in [2.24, 2.45) is 0 Å². The minimum absolute atomic E-state index is 0.0177. The van der Waals surface area contributed by atoms with Gasteiger partial charge in [0, 0.05) is 31.0 Å². The number of ether oxygens (including phenoxy) is 1. The fourth-order valence-electron chi connectivity index (χ4n) is 3.05. The van der Waals surface area contributed by atoms with E-state index in [0.717, 1.165) is 11.3 Å². The molecule has 1 heterocycles. The van der Waals surface area contributed by atoms with Crippen LogP contribution in [0.15, 0.2) is 48.5 Å². The second kappa shape index (κ2) is 5.79. The molecule has 0 aromatic heterocycles. The van der Waals surface area contributed by atoms with Crippen LogP contribution in [0.2, 0.25) is 0 Å². The molecule has 114 valence electrons. The van der Waals surface area contributed by atoms with Gasteiger partial charge in [-0.25, -0.2) is 4.39 Å². The molecule has 0 fully saturated rings. The second-order valence-electron chi connectivity index (χ2n) is 5.60. The Bertz CT molecular complexity index is 701. The molecule has 1 amide bonds. The first-order valence-corrected chi connectivity index (χ1v) is 7.37. The summed E-state index contributed by atoms with van der Waals surface area (Å²) in [6, 6.07) is 13.9. The summed E-state index contributed by atoms with van der Waals surface area (Å²) in [4.78, 5) is 13.7. The Balaban J connectivity index is 1.96. The van der Waals surface area contributed by atoms with Crippen molar-refractivity contribution in [3.63, 3.8) is 0 Å². The maximum Gasteiger partial charge on any atom is 0.224 e. The number of hydrogen-bond acceptors (Lipinski definition) is 2. The van der Waals surface area contributed by atoms with Crippen LogP contribution in [0, 0.1) is 5.82 Å². The van der Waals surface area contributed by atoms with E-state index in [1.807, 2.05) is 31.2 Å². The summed E-state index contributed by atoms with van der Waals surface area (Å²) in [7, 11) is 0. The SMILES string of the molecule is CC(=O)N1c2ccccc2[C@H](Oc2cccc(F)c2)C[C@@H]1C. The largest absolute Gasteiger partial charge is 0.485 e. The van der Waals surface area contributed by atoms with E-state index in [2.05, 4.69) is 0 Å². The highest BCUT2D eigenvalue weighted by Gasteiger charge is 2.33. The lowest BCUT2D eigenvalue weighted by Crippen LogP contribution is -2.42. The standard InChI is InChI=1S/C18H18FNO2/c1-12-10-18(22-15-7-5-6-14(19)11-15)16-8-3-4-9-17(16)20(12)13(2)21/h3-9,11-12,18H,10H2,1-2H3/t12-,18+/m0/s1. The molecule has 3 nitrogen and oxygen atoms in total. The van der Waals surface area contributed by atoms with Gasteiger partial charge in [0.2, 0.25) is 5.91 Å². The molecule has 2 aromatic rings. The first-order valence-electron chi connectivity index (χ1n) is 7.37. The van der Waals surface area contributed by atoms with Crippen LogP contribution in [-0.2, 0) is 4.79 Å². The third-order valence-corrected chi connectivity index (χ3v) is 3.95. The molecule has 0 radical (unpaired) electrons. The lowest BCUT2D eigenvalue weighted by Gasteiger charge is -2.38. The van der Waals surface area contributed by atoms with Crippen LogP contribution in [0.25, 0.3) is 0 Å². The Morgan fingerprint density at radius 3 is 2.73 bits per heavy atom. The summed E-state index contributed by atoms with van der Waals surface area (Å²) in [5.41, 5.74) is 1.83. The predicted octanol–water partition coefficient (Wildman–Crippen LogP) is 4.09. The van der Waals surface area contributed by atoms with Crippen LogP contribution in [0.4, 0.5) is 10.1 Å². The number of halogens is 1. The Morgan fingerprint density at radius 1 is 1.23 bits per heavy atom. The molecule has 0 unspecified atom stereocenters. The topological polar surface area (TPSA) is 29.5 Å². The van der Waals surface area contributed by atoms with Crippen molar-refractivity contribution in [1.29, 1.82) is 0 Å². The maximum absolute atomic E-state index is 13.3. The molecule has 2 atom stereocenters. The molecular formula is C18H18FNO2. The Labute approximate surface area is 129 Å². The van der Waals surface area contributed by atoms with Crippen molar-refractivity contribution in [2.45, 2.75) is 32.4 Å². The summed E-state index contributed by atoms with van der Waals surface area (Å²) >= 11 is 0. The number of carbonyl (C=O) groups excluding carboxylic acids is 1. The lowest BCUT2D eigenvalue weighted by atomic mass is 9.93. The van der Waals surface area contributed by atoms with Gasteiger partial charge < -0.3 is 9.64 Å². The minimum Gasteiger partial charge on any atom is -0.485 e. The first-order chi connectivity index (χ1) is 10.6. The highest BCUT2D eigenvalue weighted by molar-refractivity contribution is 5.93. The number of carbonyl (C=O) groups is 1. The molecule has 0 saturated heterocycles. The van der Waals surface area contributed by atoms with Crippen molar-refractivity contribution >= 4 is 11.6 Å². The van der Waals surface area contributed by atoms with Gasteiger partial charge in [0.25, 0.3) is 0 Å². The molecule has 22 heavy (non-hydrogen) atoms. The molecule has 3 rings (SSSR count). The van der Waals surface area contributed by atoms with Crippen LogP contribution in [0.1, 0.15) is 31.9 Å². The van der Waals surface area contributed by atoms with Gasteiger partial charge in [0.05, 0.1) is 5.69 Å². The second-order valence-corrected chi connectivity index (χ2v) is 5.60. The van der Waals surface area contributed by atoms with Crippen molar-refractivity contribution in [3.05, 3.63) is 59.9 Å². The zero-order valence-corrected chi connectivity index (χ0v) is 12.6. The van der Waals surface area contributed by atoms with E-state index >= 15 is 0 Å². The van der Waals surface area contributed by atoms with Crippen molar-refractivity contribution in [2.75, 3.05) is 4.90 Å². The van der Waals surface area contributed by atoms with E-state index in [0.29, 0.717) is 12.2 Å². The number of fused-ring (bicyclic) bond motifs is 1. The van der Waals surface area contributed by atoms with Crippen LogP contribution in [-0.4, -0.2) is 11.9 Å². The third kappa shape index (κ3) is 2.69. The van der Waals surface area contributed by atoms with Gasteiger partial charge >= 0.3 is 0 Å². The predicted molar refractivity (Wildman–Crippen MR) is 83.5 cm³/mol. The maximum atomic E-state index is 13.3. The Kier molecular flexibility index (Phi) is 3.84. The molecule has 1 aliphatic rings. The number of nitrogens with zero attached hydrogens (tertiary/aromatic N) is 1. The van der Waals surface area contributed by atoms with Gasteiger partial charge in [0.15, 0.2) is 0 Å². The quantitative estimate of drug-likeness (QED) is 0.836. The molecule has 2 aromatic carbocycles. The molecule has 1 aliphatic heterocycles. The van der Waals surface area contributed by atoms with Crippen molar-refractivity contribution in [1.82, 2.24) is 0 Å². The molecule has 0 aliphatic carbocycles. The van der Waals surface area contributed by atoms with Crippen LogP contribution in [0.3, 0.4) is 0 Å².